The number of ether oxygens (including phenoxy) is 1. The Bertz CT molecular complexity index is 986. The summed E-state index contributed by atoms with van der Waals surface area (Å²) in [6.45, 7) is 9.92. The minimum absolute atomic E-state index is 0.278. The van der Waals surface area contributed by atoms with Gasteiger partial charge in [0.1, 0.15) is 18.4 Å². The molecule has 2 rings (SSSR count). The Morgan fingerprint density at radius 1 is 1.03 bits per heavy atom. The second-order valence-electron chi connectivity index (χ2n) is 7.41. The lowest BCUT2D eigenvalue weighted by atomic mass is 10.1. The number of nitrogens with zero attached hydrogens (tertiary/aromatic N) is 1. The molecule has 1 amide bonds. The van der Waals surface area contributed by atoms with Gasteiger partial charge in [-0.1, -0.05) is 18.2 Å². The van der Waals surface area contributed by atoms with Crippen LogP contribution >= 0.6 is 0 Å². The van der Waals surface area contributed by atoms with Gasteiger partial charge in [-0.25, -0.2) is 8.42 Å². The molecule has 0 radical (unpaired) electrons. The molecular formula is C22H30N2O4S. The number of hydrogen-bond donors (Lipinski definition) is 1. The van der Waals surface area contributed by atoms with Crippen LogP contribution in [0, 0.1) is 27.7 Å². The molecule has 0 unspecified atom stereocenters. The molecule has 0 spiro atoms. The molecule has 0 aliphatic rings. The van der Waals surface area contributed by atoms with Crippen LogP contribution in [0.25, 0.3) is 0 Å². The second kappa shape index (κ2) is 9.31. The molecule has 0 heterocycles. The smallest absolute Gasteiger partial charge is 0.243 e. The summed E-state index contributed by atoms with van der Waals surface area (Å²) in [5, 5.41) is 2.77. The quantitative estimate of drug-likeness (QED) is 0.668. The van der Waals surface area contributed by atoms with Crippen molar-refractivity contribution in [2.45, 2.75) is 40.7 Å². The third-order valence-corrected chi connectivity index (χ3v) is 6.07. The van der Waals surface area contributed by atoms with Crippen molar-refractivity contribution in [3.63, 3.8) is 0 Å². The highest BCUT2D eigenvalue weighted by atomic mass is 32.2. The molecule has 0 aromatic heterocycles. The van der Waals surface area contributed by atoms with Gasteiger partial charge in [-0.2, -0.15) is 0 Å². The van der Waals surface area contributed by atoms with Gasteiger partial charge >= 0.3 is 0 Å². The van der Waals surface area contributed by atoms with Gasteiger partial charge in [0.2, 0.25) is 15.9 Å². The van der Waals surface area contributed by atoms with Gasteiger partial charge in [-0.05, 0) is 75.1 Å². The molecular weight excluding hydrogens is 388 g/mol. The van der Waals surface area contributed by atoms with Crippen molar-refractivity contribution in [1.82, 2.24) is 5.32 Å². The molecule has 1 atom stereocenters. The summed E-state index contributed by atoms with van der Waals surface area (Å²) >= 11 is 0. The number of carbonyl (C=O) groups excluding carboxylic acids is 1. The van der Waals surface area contributed by atoms with Crippen LogP contribution in [0.4, 0.5) is 5.69 Å². The molecule has 7 heteroatoms. The zero-order valence-corrected chi connectivity index (χ0v) is 18.8. The van der Waals surface area contributed by atoms with E-state index in [9.17, 15) is 13.2 Å². The van der Waals surface area contributed by atoms with Crippen LogP contribution in [-0.2, 0) is 14.8 Å². The Hall–Kier alpha value is -2.54. The van der Waals surface area contributed by atoms with Gasteiger partial charge in [-0.3, -0.25) is 9.10 Å². The van der Waals surface area contributed by atoms with Crippen molar-refractivity contribution >= 4 is 21.6 Å². The van der Waals surface area contributed by atoms with Crippen LogP contribution in [0.3, 0.4) is 0 Å². The number of nitrogens with one attached hydrogen (secondary N) is 1. The number of rotatable bonds is 8. The lowest BCUT2D eigenvalue weighted by molar-refractivity contribution is -0.121. The Morgan fingerprint density at radius 2 is 1.69 bits per heavy atom. The van der Waals surface area contributed by atoms with Gasteiger partial charge in [0.05, 0.1) is 18.5 Å². The summed E-state index contributed by atoms with van der Waals surface area (Å²) < 4.78 is 31.7. The molecule has 0 aliphatic heterocycles. The first-order valence-electron chi connectivity index (χ1n) is 9.55. The third kappa shape index (κ3) is 5.97. The monoisotopic (exact) mass is 418 g/mol. The first-order valence-corrected chi connectivity index (χ1v) is 11.4. The molecule has 1 N–H and O–H groups in total. The molecule has 0 saturated heterocycles. The Balaban J connectivity index is 2.04. The van der Waals surface area contributed by atoms with E-state index in [2.05, 4.69) is 5.32 Å². The lowest BCUT2D eigenvalue weighted by Crippen LogP contribution is -2.48. The summed E-state index contributed by atoms with van der Waals surface area (Å²) in [7, 11) is -3.64. The van der Waals surface area contributed by atoms with E-state index < -0.39 is 16.1 Å². The number of benzene rings is 2. The predicted octanol–water partition coefficient (Wildman–Crippen LogP) is 3.27. The first kappa shape index (κ1) is 22.7. The predicted molar refractivity (Wildman–Crippen MR) is 117 cm³/mol. The summed E-state index contributed by atoms with van der Waals surface area (Å²) in [5.41, 5.74) is 4.55. The average molecular weight is 419 g/mol. The highest BCUT2D eigenvalue weighted by Crippen LogP contribution is 2.26. The molecule has 2 aromatic rings. The SMILES string of the molecule is Cc1ccc(C)c(N([C@H](C)C(=O)NCCOc2ccc(C)c(C)c2)S(C)(=O)=O)c1. The highest BCUT2D eigenvalue weighted by Gasteiger charge is 2.30. The minimum atomic E-state index is -3.64. The van der Waals surface area contributed by atoms with E-state index in [-0.39, 0.29) is 12.5 Å². The molecule has 2 aromatic carbocycles. The zero-order chi connectivity index (χ0) is 21.8. The fourth-order valence-corrected chi connectivity index (χ4v) is 4.26. The summed E-state index contributed by atoms with van der Waals surface area (Å²) in [6.07, 6.45) is 1.11. The fraction of sp³-hybridized carbons (Fsp3) is 0.409. The fourth-order valence-electron chi connectivity index (χ4n) is 3.03. The maximum absolute atomic E-state index is 12.6. The molecule has 0 saturated carbocycles. The van der Waals surface area contributed by atoms with Crippen molar-refractivity contribution in [3.05, 3.63) is 58.7 Å². The van der Waals surface area contributed by atoms with Gasteiger partial charge in [-0.15, -0.1) is 0 Å². The van der Waals surface area contributed by atoms with E-state index in [1.54, 1.807) is 13.0 Å². The van der Waals surface area contributed by atoms with E-state index in [1.807, 2.05) is 58.0 Å². The van der Waals surface area contributed by atoms with Crippen LogP contribution in [0.5, 0.6) is 5.75 Å². The molecule has 0 fully saturated rings. The average Bonchev–Trinajstić information content (AvgIpc) is 2.63. The minimum Gasteiger partial charge on any atom is -0.492 e. The van der Waals surface area contributed by atoms with Crippen molar-refractivity contribution in [3.8, 4) is 5.75 Å². The molecule has 0 bridgehead atoms. The largest absolute Gasteiger partial charge is 0.492 e. The normalized spacial score (nSPS) is 12.3. The maximum atomic E-state index is 12.6. The van der Waals surface area contributed by atoms with Gasteiger partial charge in [0.15, 0.2) is 0 Å². The van der Waals surface area contributed by atoms with E-state index in [1.165, 1.54) is 9.87 Å². The molecule has 29 heavy (non-hydrogen) atoms. The maximum Gasteiger partial charge on any atom is 0.243 e. The highest BCUT2D eigenvalue weighted by molar-refractivity contribution is 7.92. The lowest BCUT2D eigenvalue weighted by Gasteiger charge is -2.29. The third-order valence-electron chi connectivity index (χ3n) is 4.84. The van der Waals surface area contributed by atoms with E-state index >= 15 is 0 Å². The van der Waals surface area contributed by atoms with Gasteiger partial charge < -0.3 is 10.1 Å². The summed E-state index contributed by atoms with van der Waals surface area (Å²) in [6, 6.07) is 10.5. The number of carbonyl (C=O) groups is 1. The summed E-state index contributed by atoms with van der Waals surface area (Å²) in [4.78, 5) is 12.6. The Morgan fingerprint density at radius 3 is 2.31 bits per heavy atom. The van der Waals surface area contributed by atoms with Crippen LogP contribution in [0.1, 0.15) is 29.2 Å². The van der Waals surface area contributed by atoms with Gasteiger partial charge in [0.25, 0.3) is 0 Å². The van der Waals surface area contributed by atoms with Crippen LogP contribution in [-0.4, -0.2) is 39.8 Å². The summed E-state index contributed by atoms with van der Waals surface area (Å²) in [5.74, 6) is 0.364. The first-order chi connectivity index (χ1) is 13.5. The van der Waals surface area contributed by atoms with Crippen molar-refractivity contribution in [2.24, 2.45) is 0 Å². The van der Waals surface area contributed by atoms with Crippen LogP contribution < -0.4 is 14.4 Å². The van der Waals surface area contributed by atoms with Crippen LogP contribution in [0.2, 0.25) is 0 Å². The number of amides is 1. The molecule has 6 nitrogen and oxygen atoms in total. The van der Waals surface area contributed by atoms with E-state index in [0.29, 0.717) is 12.3 Å². The van der Waals surface area contributed by atoms with E-state index in [0.717, 1.165) is 28.7 Å². The standard InChI is InChI=1S/C22H30N2O4S/c1-15-7-8-17(3)21(13-15)24(29(6,26)27)19(5)22(25)23-11-12-28-20-10-9-16(2)18(4)14-20/h7-10,13-14,19H,11-12H2,1-6H3,(H,23,25)/t19-/m1/s1. The topological polar surface area (TPSA) is 75.7 Å². The van der Waals surface area contributed by atoms with Crippen LogP contribution in [0.15, 0.2) is 36.4 Å². The van der Waals surface area contributed by atoms with Crippen molar-refractivity contribution in [2.75, 3.05) is 23.7 Å². The van der Waals surface area contributed by atoms with Crippen molar-refractivity contribution < 1.29 is 17.9 Å². The van der Waals surface area contributed by atoms with Crippen molar-refractivity contribution in [1.29, 1.82) is 0 Å². The number of sulfonamides is 1. The van der Waals surface area contributed by atoms with Gasteiger partial charge in [0, 0.05) is 0 Å². The zero-order valence-electron chi connectivity index (χ0n) is 17.9. The Labute approximate surface area is 173 Å². The number of anilines is 1. The second-order valence-corrected chi connectivity index (χ2v) is 9.27. The number of hydrogen-bond acceptors (Lipinski definition) is 4. The number of aryl methyl sites for hydroxylation is 4. The van der Waals surface area contributed by atoms with E-state index in [4.69, 9.17) is 4.74 Å². The molecule has 158 valence electrons. The molecule has 0 aliphatic carbocycles. The Kier molecular flexibility index (Phi) is 7.30.